The van der Waals surface area contributed by atoms with Gasteiger partial charge in [0, 0.05) is 24.7 Å². The summed E-state index contributed by atoms with van der Waals surface area (Å²) in [7, 11) is 1.69. The molecule has 3 rings (SSSR count). The zero-order valence-electron chi connectivity index (χ0n) is 14.9. The lowest BCUT2D eigenvalue weighted by Gasteiger charge is -2.28. The largest absolute Gasteiger partial charge is 0.390 e. The van der Waals surface area contributed by atoms with Crippen LogP contribution in [0.15, 0.2) is 24.3 Å². The first-order valence-corrected chi connectivity index (χ1v) is 8.52. The van der Waals surface area contributed by atoms with E-state index in [1.54, 1.807) is 24.9 Å². The molecule has 1 aromatic heterocycles. The van der Waals surface area contributed by atoms with E-state index in [4.69, 9.17) is 5.73 Å². The molecule has 0 saturated heterocycles. The van der Waals surface area contributed by atoms with E-state index < -0.39 is 41.9 Å². The second kappa shape index (κ2) is 7.34. The molecule has 1 heterocycles. The quantitative estimate of drug-likeness (QED) is 0.623. The van der Waals surface area contributed by atoms with E-state index >= 15 is 0 Å². The Bertz CT molecular complexity index is 818. The monoisotopic (exact) mass is 380 g/mol. The highest BCUT2D eigenvalue weighted by Crippen LogP contribution is 2.39. The molecule has 0 bridgehead atoms. The Morgan fingerprint density at radius 1 is 1.15 bits per heavy atom. The van der Waals surface area contributed by atoms with E-state index in [1.807, 2.05) is 0 Å². The number of benzene rings is 1. The van der Waals surface area contributed by atoms with E-state index in [0.717, 1.165) is 12.1 Å². The second-order valence-electron chi connectivity index (χ2n) is 6.90. The van der Waals surface area contributed by atoms with Crippen LogP contribution in [0.5, 0.6) is 0 Å². The van der Waals surface area contributed by atoms with Crippen molar-refractivity contribution in [2.75, 3.05) is 17.7 Å². The fourth-order valence-electron chi connectivity index (χ4n) is 3.61. The topological polar surface area (TPSA) is 116 Å². The van der Waals surface area contributed by atoms with Gasteiger partial charge in [-0.25, -0.2) is 13.8 Å². The second-order valence-corrected chi connectivity index (χ2v) is 6.90. The predicted octanol–water partition coefficient (Wildman–Crippen LogP) is 0.926. The number of aryl methyl sites for hydroxylation is 1. The molecule has 5 N–H and O–H groups in total. The number of halogens is 2. The van der Waals surface area contributed by atoms with Gasteiger partial charge in [-0.3, -0.25) is 0 Å². The summed E-state index contributed by atoms with van der Waals surface area (Å²) in [5, 5.41) is 31.5. The van der Waals surface area contributed by atoms with Crippen molar-refractivity contribution in [1.29, 1.82) is 0 Å². The van der Waals surface area contributed by atoms with E-state index in [1.165, 1.54) is 6.07 Å². The molecule has 0 aliphatic heterocycles. The summed E-state index contributed by atoms with van der Waals surface area (Å²) in [5.41, 5.74) is 6.45. The molecular formula is C18H22F2N4O3. The number of anilines is 2. The van der Waals surface area contributed by atoms with E-state index in [9.17, 15) is 24.1 Å². The van der Waals surface area contributed by atoms with Gasteiger partial charge in [0.1, 0.15) is 11.9 Å². The Balaban J connectivity index is 1.83. The average molecular weight is 380 g/mol. The minimum absolute atomic E-state index is 0.0863. The van der Waals surface area contributed by atoms with Crippen LogP contribution >= 0.6 is 0 Å². The maximum Gasteiger partial charge on any atom is 0.222 e. The molecule has 1 saturated carbocycles. The van der Waals surface area contributed by atoms with Gasteiger partial charge >= 0.3 is 0 Å². The highest BCUT2D eigenvalue weighted by atomic mass is 19.2. The minimum Gasteiger partial charge on any atom is -0.390 e. The predicted molar refractivity (Wildman–Crippen MR) is 94.8 cm³/mol. The van der Waals surface area contributed by atoms with Crippen molar-refractivity contribution in [3.63, 3.8) is 0 Å². The van der Waals surface area contributed by atoms with Crippen molar-refractivity contribution in [1.82, 2.24) is 9.97 Å². The van der Waals surface area contributed by atoms with Gasteiger partial charge in [0.25, 0.3) is 0 Å². The Kier molecular flexibility index (Phi) is 5.27. The number of rotatable bonds is 4. The zero-order chi connectivity index (χ0) is 19.9. The Morgan fingerprint density at radius 2 is 1.85 bits per heavy atom. The summed E-state index contributed by atoms with van der Waals surface area (Å²) in [6, 6.07) is 4.20. The summed E-state index contributed by atoms with van der Waals surface area (Å²) in [6.45, 7) is 1.75. The van der Waals surface area contributed by atoms with Gasteiger partial charge in [0.05, 0.1) is 18.2 Å². The molecule has 0 spiro atoms. The summed E-state index contributed by atoms with van der Waals surface area (Å²) in [5.74, 6) is -2.31. The lowest BCUT2D eigenvalue weighted by molar-refractivity contribution is -0.0232. The Labute approximate surface area is 155 Å². The van der Waals surface area contributed by atoms with Crippen molar-refractivity contribution in [3.8, 4) is 0 Å². The molecule has 1 aliphatic rings. The summed E-state index contributed by atoms with van der Waals surface area (Å²) < 4.78 is 26.6. The smallest absolute Gasteiger partial charge is 0.222 e. The van der Waals surface area contributed by atoms with Gasteiger partial charge in [0.2, 0.25) is 5.95 Å². The Hall–Kier alpha value is -2.36. The van der Waals surface area contributed by atoms with Crippen LogP contribution in [0.3, 0.4) is 0 Å². The Morgan fingerprint density at radius 3 is 2.48 bits per heavy atom. The number of aliphatic hydroxyl groups is 3. The number of aromatic nitrogens is 2. The summed E-state index contributed by atoms with van der Waals surface area (Å²) >= 11 is 0. The van der Waals surface area contributed by atoms with Gasteiger partial charge in [-0.05, 0) is 31.0 Å². The van der Waals surface area contributed by atoms with Crippen LogP contribution in [-0.4, -0.2) is 50.6 Å². The van der Waals surface area contributed by atoms with Crippen LogP contribution in [0, 0.1) is 24.5 Å². The molecule has 7 nitrogen and oxygen atoms in total. The van der Waals surface area contributed by atoms with Crippen molar-refractivity contribution in [2.24, 2.45) is 5.92 Å². The molecule has 1 aliphatic carbocycles. The first-order valence-electron chi connectivity index (χ1n) is 8.52. The van der Waals surface area contributed by atoms with Crippen molar-refractivity contribution >= 4 is 11.8 Å². The van der Waals surface area contributed by atoms with Crippen LogP contribution in [0.1, 0.15) is 23.8 Å². The number of aliphatic hydroxyl groups excluding tert-OH is 3. The molecule has 0 amide bonds. The fraction of sp³-hybridized carbons (Fsp3) is 0.444. The highest BCUT2D eigenvalue weighted by molar-refractivity contribution is 5.44. The molecule has 1 fully saturated rings. The molecule has 27 heavy (non-hydrogen) atoms. The normalized spacial score (nSPS) is 26.2. The standard InChI is InChI=1S/C18H22F2N4O3/c1-8-5-14(23-18(21)22-8)24(2)13-7-10(16(26)17(13)27)15(25)9-3-4-11(19)12(20)6-9/h3-6,10,13,15-17,25-27H,7H2,1-2H3,(H2,21,22,23)/t10-,13-,15+,16-,17+/m1/s1. The van der Waals surface area contributed by atoms with Crippen LogP contribution in [0.25, 0.3) is 0 Å². The molecule has 5 atom stereocenters. The van der Waals surface area contributed by atoms with Crippen molar-refractivity contribution < 1.29 is 24.1 Å². The van der Waals surface area contributed by atoms with Gasteiger partial charge in [-0.1, -0.05) is 6.07 Å². The first kappa shape index (κ1) is 19.4. The van der Waals surface area contributed by atoms with E-state index in [-0.39, 0.29) is 17.9 Å². The number of hydrogen-bond donors (Lipinski definition) is 4. The number of likely N-dealkylation sites (N-methyl/N-ethyl adjacent to an activating group) is 1. The molecular weight excluding hydrogens is 358 g/mol. The van der Waals surface area contributed by atoms with Crippen molar-refractivity contribution in [3.05, 3.63) is 47.2 Å². The lowest BCUT2D eigenvalue weighted by Crippen LogP contribution is -2.42. The molecule has 2 aromatic rings. The lowest BCUT2D eigenvalue weighted by atomic mass is 9.92. The highest BCUT2D eigenvalue weighted by Gasteiger charge is 2.47. The first-order chi connectivity index (χ1) is 12.7. The van der Waals surface area contributed by atoms with Gasteiger partial charge < -0.3 is 26.0 Å². The van der Waals surface area contributed by atoms with E-state index in [0.29, 0.717) is 11.5 Å². The van der Waals surface area contributed by atoms with E-state index in [2.05, 4.69) is 9.97 Å². The number of nitrogen functional groups attached to an aromatic ring is 1. The summed E-state index contributed by atoms with van der Waals surface area (Å²) in [6.07, 6.45) is -3.47. The van der Waals surface area contributed by atoms with Crippen LogP contribution in [0.2, 0.25) is 0 Å². The molecule has 146 valence electrons. The zero-order valence-corrected chi connectivity index (χ0v) is 14.9. The molecule has 9 heteroatoms. The SMILES string of the molecule is Cc1cc(N(C)[C@@H]2C[C@H]([C@@H](O)c3ccc(F)c(F)c3)[C@@H](O)[C@H]2O)nc(N)n1. The average Bonchev–Trinajstić information content (AvgIpc) is 2.90. The number of nitrogens with zero attached hydrogens (tertiary/aromatic N) is 3. The van der Waals surface area contributed by atoms with Gasteiger partial charge in [-0.2, -0.15) is 4.98 Å². The third kappa shape index (κ3) is 3.71. The molecule has 0 unspecified atom stereocenters. The van der Waals surface area contributed by atoms with Gasteiger partial charge in [-0.15, -0.1) is 0 Å². The number of hydrogen-bond acceptors (Lipinski definition) is 7. The third-order valence-corrected chi connectivity index (χ3v) is 5.10. The maximum atomic E-state index is 13.5. The van der Waals surface area contributed by atoms with Crippen LogP contribution < -0.4 is 10.6 Å². The molecule has 0 radical (unpaired) electrons. The third-order valence-electron chi connectivity index (χ3n) is 5.10. The van der Waals surface area contributed by atoms with Crippen LogP contribution in [0.4, 0.5) is 20.5 Å². The summed E-state index contributed by atoms with van der Waals surface area (Å²) in [4.78, 5) is 9.79. The fourth-order valence-corrected chi connectivity index (χ4v) is 3.61. The molecule has 1 aromatic carbocycles. The van der Waals surface area contributed by atoms with Gasteiger partial charge in [0.15, 0.2) is 11.6 Å². The number of nitrogens with two attached hydrogens (primary N) is 1. The maximum absolute atomic E-state index is 13.5. The van der Waals surface area contributed by atoms with Crippen molar-refractivity contribution in [2.45, 2.75) is 37.7 Å². The minimum atomic E-state index is -1.26. The van der Waals surface area contributed by atoms with Crippen LogP contribution in [-0.2, 0) is 0 Å².